The van der Waals surface area contributed by atoms with Crippen molar-refractivity contribution < 1.29 is 9.53 Å². The summed E-state index contributed by atoms with van der Waals surface area (Å²) in [6.45, 7) is 11.1. The van der Waals surface area contributed by atoms with Gasteiger partial charge in [-0.2, -0.15) is 0 Å². The van der Waals surface area contributed by atoms with Gasteiger partial charge in [0.2, 0.25) is 5.91 Å². The van der Waals surface area contributed by atoms with Gasteiger partial charge < -0.3 is 9.64 Å². The van der Waals surface area contributed by atoms with Crippen molar-refractivity contribution in [3.8, 4) is 0 Å². The highest BCUT2D eigenvalue weighted by Crippen LogP contribution is 2.21. The molecule has 1 atom stereocenters. The fourth-order valence-electron chi connectivity index (χ4n) is 1.71. The van der Waals surface area contributed by atoms with Crippen LogP contribution in [0.3, 0.4) is 0 Å². The summed E-state index contributed by atoms with van der Waals surface area (Å²) in [4.78, 5) is 13.8. The van der Waals surface area contributed by atoms with E-state index < -0.39 is 0 Å². The lowest BCUT2D eigenvalue weighted by molar-refractivity contribution is -0.137. The fraction of sp³-hybridized carbons (Fsp3) is 0.929. The van der Waals surface area contributed by atoms with Crippen molar-refractivity contribution in [3.05, 3.63) is 0 Å². The third-order valence-electron chi connectivity index (χ3n) is 3.57. The van der Waals surface area contributed by atoms with E-state index in [-0.39, 0.29) is 17.6 Å². The number of carbonyl (C=O) groups excluding carboxylic acids is 1. The summed E-state index contributed by atoms with van der Waals surface area (Å²) in [5.41, 5.74) is -0.0459. The molecule has 3 nitrogen and oxygen atoms in total. The number of amides is 1. The van der Waals surface area contributed by atoms with E-state index in [4.69, 9.17) is 4.74 Å². The zero-order chi connectivity index (χ0) is 13.5. The summed E-state index contributed by atoms with van der Waals surface area (Å²) in [6, 6.07) is 0. The van der Waals surface area contributed by atoms with Crippen LogP contribution >= 0.6 is 0 Å². The number of hydrogen-bond donors (Lipinski definition) is 0. The van der Waals surface area contributed by atoms with Crippen LogP contribution in [-0.2, 0) is 9.53 Å². The molecule has 0 aliphatic carbocycles. The van der Waals surface area contributed by atoms with Crippen molar-refractivity contribution in [1.29, 1.82) is 0 Å². The minimum atomic E-state index is -0.0459. The molecular weight excluding hydrogens is 214 g/mol. The van der Waals surface area contributed by atoms with Gasteiger partial charge in [0.15, 0.2) is 0 Å². The zero-order valence-electron chi connectivity index (χ0n) is 12.4. The summed E-state index contributed by atoms with van der Waals surface area (Å²) in [5, 5.41) is 0. The standard InChI is InChI=1S/C12H23NO2.C2H6/c1-5-12(2,3)13(4)11(14)9-10-7-6-8-15-10;1-2/h10H,5-9H2,1-4H3;1-2H3. The lowest BCUT2D eigenvalue weighted by Crippen LogP contribution is -2.45. The van der Waals surface area contributed by atoms with Gasteiger partial charge in [-0.25, -0.2) is 0 Å². The molecule has 1 fully saturated rings. The van der Waals surface area contributed by atoms with E-state index in [9.17, 15) is 4.79 Å². The maximum Gasteiger partial charge on any atom is 0.225 e. The van der Waals surface area contributed by atoms with Crippen molar-refractivity contribution >= 4 is 5.91 Å². The molecule has 1 heterocycles. The average molecular weight is 243 g/mol. The van der Waals surface area contributed by atoms with E-state index in [1.165, 1.54) is 0 Å². The fourth-order valence-corrected chi connectivity index (χ4v) is 1.71. The molecule has 17 heavy (non-hydrogen) atoms. The second kappa shape index (κ2) is 7.70. The number of rotatable bonds is 4. The predicted molar refractivity (Wildman–Crippen MR) is 72.1 cm³/mol. The normalized spacial score (nSPS) is 19.5. The molecule has 3 heteroatoms. The molecular formula is C14H29NO2. The van der Waals surface area contributed by atoms with E-state index in [2.05, 4.69) is 20.8 Å². The second-order valence-electron chi connectivity index (χ2n) is 4.96. The topological polar surface area (TPSA) is 29.5 Å². The lowest BCUT2D eigenvalue weighted by atomic mass is 9.99. The van der Waals surface area contributed by atoms with Crippen LogP contribution in [-0.4, -0.2) is 36.1 Å². The summed E-state index contributed by atoms with van der Waals surface area (Å²) in [7, 11) is 1.89. The highest BCUT2D eigenvalue weighted by Gasteiger charge is 2.28. The second-order valence-corrected chi connectivity index (χ2v) is 4.96. The molecule has 102 valence electrons. The maximum atomic E-state index is 12.0. The van der Waals surface area contributed by atoms with Gasteiger partial charge in [-0.3, -0.25) is 4.79 Å². The minimum absolute atomic E-state index is 0.0459. The van der Waals surface area contributed by atoms with Gasteiger partial charge in [0.25, 0.3) is 0 Å². The van der Waals surface area contributed by atoms with Gasteiger partial charge in [0.1, 0.15) is 0 Å². The van der Waals surface area contributed by atoms with Gasteiger partial charge in [-0.05, 0) is 33.1 Å². The molecule has 0 saturated carbocycles. The summed E-state index contributed by atoms with van der Waals surface area (Å²) in [5.74, 6) is 0.203. The summed E-state index contributed by atoms with van der Waals surface area (Å²) in [6.07, 6.45) is 3.80. The molecule has 0 bridgehead atoms. The molecule has 0 spiro atoms. The monoisotopic (exact) mass is 243 g/mol. The first-order valence-electron chi connectivity index (χ1n) is 6.85. The SMILES string of the molecule is CC.CCC(C)(C)N(C)C(=O)CC1CCCO1. The van der Waals surface area contributed by atoms with Crippen LogP contribution in [0.5, 0.6) is 0 Å². The Kier molecular flexibility index (Phi) is 7.44. The largest absolute Gasteiger partial charge is 0.378 e. The van der Waals surface area contributed by atoms with Crippen molar-refractivity contribution in [2.45, 2.75) is 71.9 Å². The molecule has 0 aromatic carbocycles. The highest BCUT2D eigenvalue weighted by atomic mass is 16.5. The van der Waals surface area contributed by atoms with Gasteiger partial charge in [0, 0.05) is 19.2 Å². The first-order valence-corrected chi connectivity index (χ1v) is 6.85. The van der Waals surface area contributed by atoms with E-state index in [1.807, 2.05) is 25.8 Å². The van der Waals surface area contributed by atoms with Crippen molar-refractivity contribution in [3.63, 3.8) is 0 Å². The number of carbonyl (C=O) groups is 1. The molecule has 0 aromatic rings. The predicted octanol–water partition coefficient (Wildman–Crippen LogP) is 3.23. The number of ether oxygens (including phenoxy) is 1. The number of nitrogens with zero attached hydrogens (tertiary/aromatic N) is 1. The third-order valence-corrected chi connectivity index (χ3v) is 3.57. The molecule has 1 rings (SSSR count). The molecule has 0 N–H and O–H groups in total. The first kappa shape index (κ1) is 16.4. The zero-order valence-corrected chi connectivity index (χ0v) is 12.4. The van der Waals surface area contributed by atoms with Crippen molar-refractivity contribution in [2.75, 3.05) is 13.7 Å². The summed E-state index contributed by atoms with van der Waals surface area (Å²) >= 11 is 0. The molecule has 0 radical (unpaired) electrons. The van der Waals surface area contributed by atoms with Gasteiger partial charge >= 0.3 is 0 Å². The lowest BCUT2D eigenvalue weighted by Gasteiger charge is -2.35. The molecule has 1 aliphatic heterocycles. The molecule has 1 amide bonds. The van der Waals surface area contributed by atoms with Crippen LogP contribution in [0.15, 0.2) is 0 Å². The molecule has 1 saturated heterocycles. The Morgan fingerprint density at radius 1 is 1.41 bits per heavy atom. The van der Waals surface area contributed by atoms with Gasteiger partial charge in [0.05, 0.1) is 12.5 Å². The van der Waals surface area contributed by atoms with Crippen LogP contribution < -0.4 is 0 Å². The van der Waals surface area contributed by atoms with E-state index in [0.29, 0.717) is 6.42 Å². The Bertz CT molecular complexity index is 220. The average Bonchev–Trinajstić information content (AvgIpc) is 2.83. The Morgan fingerprint density at radius 2 is 2.00 bits per heavy atom. The smallest absolute Gasteiger partial charge is 0.225 e. The first-order chi connectivity index (χ1) is 7.97. The van der Waals surface area contributed by atoms with Crippen LogP contribution in [0.1, 0.15) is 60.3 Å². The molecule has 0 aromatic heterocycles. The van der Waals surface area contributed by atoms with Crippen molar-refractivity contribution in [2.24, 2.45) is 0 Å². The molecule has 1 aliphatic rings. The summed E-state index contributed by atoms with van der Waals surface area (Å²) < 4.78 is 5.47. The Balaban J connectivity index is 0.00000121. The quantitative estimate of drug-likeness (QED) is 0.758. The van der Waals surface area contributed by atoms with Crippen LogP contribution in [0.4, 0.5) is 0 Å². The molecule has 1 unspecified atom stereocenters. The highest BCUT2D eigenvalue weighted by molar-refractivity contribution is 5.77. The Hall–Kier alpha value is -0.570. The minimum Gasteiger partial charge on any atom is -0.378 e. The van der Waals surface area contributed by atoms with E-state index in [1.54, 1.807) is 0 Å². The van der Waals surface area contributed by atoms with Crippen LogP contribution in [0.25, 0.3) is 0 Å². The van der Waals surface area contributed by atoms with Crippen LogP contribution in [0, 0.1) is 0 Å². The number of hydrogen-bond acceptors (Lipinski definition) is 2. The van der Waals surface area contributed by atoms with E-state index in [0.717, 1.165) is 25.9 Å². The van der Waals surface area contributed by atoms with E-state index >= 15 is 0 Å². The van der Waals surface area contributed by atoms with Crippen molar-refractivity contribution in [1.82, 2.24) is 4.90 Å². The van der Waals surface area contributed by atoms with Gasteiger partial charge in [-0.1, -0.05) is 20.8 Å². The van der Waals surface area contributed by atoms with Crippen LogP contribution in [0.2, 0.25) is 0 Å². The maximum absolute atomic E-state index is 12.0. The third kappa shape index (κ3) is 5.07. The van der Waals surface area contributed by atoms with Gasteiger partial charge in [-0.15, -0.1) is 0 Å². The Labute approximate surface area is 107 Å². The Morgan fingerprint density at radius 3 is 2.41 bits per heavy atom.